The van der Waals surface area contributed by atoms with Crippen molar-refractivity contribution < 1.29 is 18.0 Å². The predicted octanol–water partition coefficient (Wildman–Crippen LogP) is 3.18. The summed E-state index contributed by atoms with van der Waals surface area (Å²) < 4.78 is 40.2. The fourth-order valence-corrected chi connectivity index (χ4v) is 3.04. The highest BCUT2D eigenvalue weighted by Gasteiger charge is 2.30. The van der Waals surface area contributed by atoms with E-state index in [1.54, 1.807) is 12.5 Å². The van der Waals surface area contributed by atoms with E-state index in [1.807, 2.05) is 11.1 Å². The van der Waals surface area contributed by atoms with Gasteiger partial charge < -0.3 is 9.88 Å². The first-order chi connectivity index (χ1) is 11.9. The average molecular weight is 352 g/mol. The number of hydrogen-bond donors (Lipinski definition) is 1. The Balaban J connectivity index is 1.50. The molecule has 5 nitrogen and oxygen atoms in total. The molecule has 2 heterocycles. The van der Waals surface area contributed by atoms with Crippen molar-refractivity contribution in [3.8, 4) is 0 Å². The third-order valence-corrected chi connectivity index (χ3v) is 4.34. The number of alkyl halides is 3. The van der Waals surface area contributed by atoms with Gasteiger partial charge in [0, 0.05) is 37.2 Å². The van der Waals surface area contributed by atoms with Gasteiger partial charge >= 0.3 is 6.18 Å². The molecule has 0 radical (unpaired) electrons. The molecular weight excluding hydrogens is 333 g/mol. The number of halogens is 3. The number of piperidine rings is 1. The minimum Gasteiger partial charge on any atom is -0.334 e. The van der Waals surface area contributed by atoms with Crippen LogP contribution < -0.4 is 5.32 Å². The maximum atomic E-state index is 12.7. The molecule has 1 aromatic carbocycles. The van der Waals surface area contributed by atoms with E-state index in [4.69, 9.17) is 0 Å². The number of likely N-dealkylation sites (tertiary alicyclic amines) is 1. The number of benzene rings is 1. The van der Waals surface area contributed by atoms with Crippen LogP contribution in [0.4, 0.5) is 18.9 Å². The Hall–Kier alpha value is -2.35. The average Bonchev–Trinajstić information content (AvgIpc) is 3.09. The molecule has 0 bridgehead atoms. The molecule has 1 aliphatic heterocycles. The van der Waals surface area contributed by atoms with Gasteiger partial charge in [-0.25, -0.2) is 4.98 Å². The molecule has 1 fully saturated rings. The number of imidazole rings is 1. The lowest BCUT2D eigenvalue weighted by molar-refractivity contribution is -0.137. The smallest absolute Gasteiger partial charge is 0.334 e. The van der Waals surface area contributed by atoms with Gasteiger partial charge in [0.25, 0.3) is 0 Å². The third kappa shape index (κ3) is 4.60. The summed E-state index contributed by atoms with van der Waals surface area (Å²) in [7, 11) is 0. The highest BCUT2D eigenvalue weighted by molar-refractivity contribution is 5.92. The number of amides is 1. The molecule has 0 spiro atoms. The Morgan fingerprint density at radius 3 is 2.68 bits per heavy atom. The normalized spacial score (nSPS) is 16.8. The van der Waals surface area contributed by atoms with Crippen molar-refractivity contribution in [2.45, 2.75) is 25.1 Å². The highest BCUT2D eigenvalue weighted by atomic mass is 19.4. The first-order valence-corrected chi connectivity index (χ1v) is 8.09. The summed E-state index contributed by atoms with van der Waals surface area (Å²) in [5.41, 5.74) is -0.612. The molecule has 2 aromatic rings. The SMILES string of the molecule is O=C(CN1CCC(n2ccnc2)CC1)Nc1cccc(C(F)(F)F)c1. The van der Waals surface area contributed by atoms with Gasteiger partial charge in [0.1, 0.15) is 0 Å². The first-order valence-electron chi connectivity index (χ1n) is 8.09. The Bertz CT molecular complexity index is 707. The second kappa shape index (κ2) is 7.26. The van der Waals surface area contributed by atoms with Crippen molar-refractivity contribution in [1.82, 2.24) is 14.5 Å². The van der Waals surface area contributed by atoms with Gasteiger partial charge in [-0.2, -0.15) is 13.2 Å². The summed E-state index contributed by atoms with van der Waals surface area (Å²) in [4.78, 5) is 18.2. The Morgan fingerprint density at radius 1 is 1.28 bits per heavy atom. The van der Waals surface area contributed by atoms with E-state index in [9.17, 15) is 18.0 Å². The van der Waals surface area contributed by atoms with E-state index >= 15 is 0 Å². The Labute approximate surface area is 143 Å². The van der Waals surface area contributed by atoms with Crippen LogP contribution in [0.5, 0.6) is 0 Å². The van der Waals surface area contributed by atoms with Gasteiger partial charge in [-0.1, -0.05) is 6.07 Å². The Kier molecular flexibility index (Phi) is 5.08. The molecule has 1 saturated heterocycles. The molecule has 0 unspecified atom stereocenters. The summed E-state index contributed by atoms with van der Waals surface area (Å²) in [6.45, 7) is 1.70. The maximum absolute atomic E-state index is 12.7. The van der Waals surface area contributed by atoms with Gasteiger partial charge in [-0.3, -0.25) is 9.69 Å². The molecule has 8 heteroatoms. The lowest BCUT2D eigenvalue weighted by Gasteiger charge is -2.32. The number of carbonyl (C=O) groups excluding carboxylic acids is 1. The van der Waals surface area contributed by atoms with E-state index < -0.39 is 11.7 Å². The Morgan fingerprint density at radius 2 is 2.04 bits per heavy atom. The second-order valence-electron chi connectivity index (χ2n) is 6.14. The number of nitrogens with zero attached hydrogens (tertiary/aromatic N) is 3. The molecule has 0 aliphatic carbocycles. The lowest BCUT2D eigenvalue weighted by Crippen LogP contribution is -2.39. The minimum atomic E-state index is -4.42. The lowest BCUT2D eigenvalue weighted by atomic mass is 10.1. The topological polar surface area (TPSA) is 50.2 Å². The van der Waals surface area contributed by atoms with Crippen molar-refractivity contribution in [3.63, 3.8) is 0 Å². The van der Waals surface area contributed by atoms with Crippen LogP contribution in [0.25, 0.3) is 0 Å². The van der Waals surface area contributed by atoms with Crippen LogP contribution >= 0.6 is 0 Å². The van der Waals surface area contributed by atoms with Crippen LogP contribution in [0.15, 0.2) is 43.0 Å². The number of carbonyl (C=O) groups is 1. The van der Waals surface area contributed by atoms with Crippen molar-refractivity contribution >= 4 is 11.6 Å². The van der Waals surface area contributed by atoms with Gasteiger partial charge in [0.2, 0.25) is 5.91 Å². The van der Waals surface area contributed by atoms with Crippen molar-refractivity contribution in [2.75, 3.05) is 25.0 Å². The van der Waals surface area contributed by atoms with Crippen LogP contribution in [-0.2, 0) is 11.0 Å². The van der Waals surface area contributed by atoms with E-state index in [0.717, 1.165) is 38.1 Å². The van der Waals surface area contributed by atoms with Gasteiger partial charge in [-0.05, 0) is 31.0 Å². The molecular formula is C17H19F3N4O. The van der Waals surface area contributed by atoms with Gasteiger partial charge in [0.15, 0.2) is 0 Å². The zero-order chi connectivity index (χ0) is 17.9. The van der Waals surface area contributed by atoms with E-state index in [-0.39, 0.29) is 18.1 Å². The molecule has 0 saturated carbocycles. The standard InChI is InChI=1S/C17H19F3N4O/c18-17(19,20)13-2-1-3-14(10-13)22-16(25)11-23-7-4-15(5-8-23)24-9-6-21-12-24/h1-3,6,9-10,12,15H,4-5,7-8,11H2,(H,22,25). The van der Waals surface area contributed by atoms with Crippen LogP contribution in [0.1, 0.15) is 24.4 Å². The van der Waals surface area contributed by atoms with Gasteiger partial charge in [0.05, 0.1) is 18.4 Å². The van der Waals surface area contributed by atoms with E-state index in [1.165, 1.54) is 12.1 Å². The van der Waals surface area contributed by atoms with Crippen molar-refractivity contribution in [3.05, 3.63) is 48.5 Å². The molecule has 0 atom stereocenters. The fraction of sp³-hybridized carbons (Fsp3) is 0.412. The zero-order valence-electron chi connectivity index (χ0n) is 13.5. The van der Waals surface area contributed by atoms with Crippen LogP contribution in [0, 0.1) is 0 Å². The van der Waals surface area contributed by atoms with Crippen LogP contribution in [-0.4, -0.2) is 40.0 Å². The molecule has 1 N–H and O–H groups in total. The predicted molar refractivity (Wildman–Crippen MR) is 87.0 cm³/mol. The third-order valence-electron chi connectivity index (χ3n) is 4.34. The first kappa shape index (κ1) is 17.5. The summed E-state index contributed by atoms with van der Waals surface area (Å²) in [6, 6.07) is 5.05. The summed E-state index contributed by atoms with van der Waals surface area (Å²) in [5, 5.41) is 2.54. The quantitative estimate of drug-likeness (QED) is 0.920. The van der Waals surface area contributed by atoms with E-state index in [2.05, 4.69) is 14.9 Å². The number of hydrogen-bond acceptors (Lipinski definition) is 3. The highest BCUT2D eigenvalue weighted by Crippen LogP contribution is 2.30. The molecule has 3 rings (SSSR count). The summed E-state index contributed by atoms with van der Waals surface area (Å²) in [6.07, 6.45) is 2.87. The molecule has 134 valence electrons. The summed E-state index contributed by atoms with van der Waals surface area (Å²) >= 11 is 0. The second-order valence-corrected chi connectivity index (χ2v) is 6.14. The fourth-order valence-electron chi connectivity index (χ4n) is 3.04. The molecule has 1 amide bonds. The molecule has 1 aliphatic rings. The number of nitrogens with one attached hydrogen (secondary N) is 1. The number of anilines is 1. The van der Waals surface area contributed by atoms with Crippen LogP contribution in [0.2, 0.25) is 0 Å². The number of rotatable bonds is 4. The van der Waals surface area contributed by atoms with Crippen molar-refractivity contribution in [2.24, 2.45) is 0 Å². The number of aromatic nitrogens is 2. The van der Waals surface area contributed by atoms with Crippen LogP contribution in [0.3, 0.4) is 0 Å². The zero-order valence-corrected chi connectivity index (χ0v) is 13.5. The molecule has 25 heavy (non-hydrogen) atoms. The van der Waals surface area contributed by atoms with E-state index in [0.29, 0.717) is 6.04 Å². The maximum Gasteiger partial charge on any atom is 0.416 e. The minimum absolute atomic E-state index is 0.160. The summed E-state index contributed by atoms with van der Waals surface area (Å²) in [5.74, 6) is -0.305. The van der Waals surface area contributed by atoms with Gasteiger partial charge in [-0.15, -0.1) is 0 Å². The van der Waals surface area contributed by atoms with Crippen molar-refractivity contribution in [1.29, 1.82) is 0 Å². The largest absolute Gasteiger partial charge is 0.416 e. The molecule has 1 aromatic heterocycles. The monoisotopic (exact) mass is 352 g/mol.